The van der Waals surface area contributed by atoms with E-state index < -0.39 is 5.41 Å². The van der Waals surface area contributed by atoms with Crippen molar-refractivity contribution in [2.45, 2.75) is 19.8 Å². The summed E-state index contributed by atoms with van der Waals surface area (Å²) < 4.78 is 0. The van der Waals surface area contributed by atoms with Gasteiger partial charge in [-0.25, -0.2) is 0 Å². The molecule has 92 valence electrons. The van der Waals surface area contributed by atoms with E-state index in [4.69, 9.17) is 5.73 Å². The van der Waals surface area contributed by atoms with Gasteiger partial charge in [0.15, 0.2) is 0 Å². The molecule has 0 aromatic rings. The molecule has 5 heteroatoms. The standard InChI is InChI=1S/C11H21N3O2/c1-8-4-11(5-8,7-12)10(16)13-6-9(15)14(2)3/h8H,4-7,12H2,1-3H3,(H,13,16). The average Bonchev–Trinajstić information content (AvgIpc) is 2.20. The molecule has 0 bridgehead atoms. The molecule has 16 heavy (non-hydrogen) atoms. The van der Waals surface area contributed by atoms with Gasteiger partial charge in [-0.1, -0.05) is 6.92 Å². The molecule has 5 nitrogen and oxygen atoms in total. The van der Waals surface area contributed by atoms with Gasteiger partial charge >= 0.3 is 0 Å². The van der Waals surface area contributed by atoms with E-state index in [9.17, 15) is 9.59 Å². The Balaban J connectivity index is 2.43. The lowest BCUT2D eigenvalue weighted by molar-refractivity contribution is -0.140. The molecule has 0 atom stereocenters. The Kier molecular flexibility index (Phi) is 3.91. The van der Waals surface area contributed by atoms with E-state index in [0.29, 0.717) is 12.5 Å². The van der Waals surface area contributed by atoms with Gasteiger partial charge in [0.1, 0.15) is 0 Å². The lowest BCUT2D eigenvalue weighted by atomic mass is 9.62. The topological polar surface area (TPSA) is 75.4 Å². The van der Waals surface area contributed by atoms with Crippen molar-refractivity contribution < 1.29 is 9.59 Å². The number of nitrogens with zero attached hydrogens (tertiary/aromatic N) is 1. The summed E-state index contributed by atoms with van der Waals surface area (Å²) in [5.41, 5.74) is 5.22. The van der Waals surface area contributed by atoms with Gasteiger partial charge in [0, 0.05) is 20.6 Å². The number of nitrogens with two attached hydrogens (primary N) is 1. The minimum Gasteiger partial charge on any atom is -0.347 e. The van der Waals surface area contributed by atoms with E-state index in [1.165, 1.54) is 4.90 Å². The number of hydrogen-bond acceptors (Lipinski definition) is 3. The zero-order chi connectivity index (χ0) is 12.3. The molecule has 1 saturated carbocycles. The minimum absolute atomic E-state index is 0.0575. The van der Waals surface area contributed by atoms with E-state index in [1.54, 1.807) is 14.1 Å². The monoisotopic (exact) mass is 227 g/mol. The van der Waals surface area contributed by atoms with Crippen LogP contribution in [0.4, 0.5) is 0 Å². The zero-order valence-electron chi connectivity index (χ0n) is 10.2. The maximum atomic E-state index is 11.9. The highest BCUT2D eigenvalue weighted by Crippen LogP contribution is 2.44. The van der Waals surface area contributed by atoms with Crippen molar-refractivity contribution in [3.63, 3.8) is 0 Å². The Bertz CT molecular complexity index is 283. The van der Waals surface area contributed by atoms with E-state index in [-0.39, 0.29) is 18.4 Å². The van der Waals surface area contributed by atoms with Gasteiger partial charge in [-0.15, -0.1) is 0 Å². The Hall–Kier alpha value is -1.10. The second-order valence-electron chi connectivity index (χ2n) is 4.97. The van der Waals surface area contributed by atoms with Crippen molar-refractivity contribution in [3.8, 4) is 0 Å². The molecule has 0 saturated heterocycles. The first-order valence-corrected chi connectivity index (χ1v) is 5.60. The Labute approximate surface area is 96.4 Å². The fourth-order valence-electron chi connectivity index (χ4n) is 2.22. The summed E-state index contributed by atoms with van der Waals surface area (Å²) in [6.07, 6.45) is 1.65. The number of nitrogens with one attached hydrogen (secondary N) is 1. The van der Waals surface area contributed by atoms with Gasteiger partial charge in [-0.3, -0.25) is 9.59 Å². The second-order valence-corrected chi connectivity index (χ2v) is 4.97. The second kappa shape index (κ2) is 4.82. The van der Waals surface area contributed by atoms with Gasteiger partial charge in [-0.05, 0) is 18.8 Å². The van der Waals surface area contributed by atoms with Crippen molar-refractivity contribution in [3.05, 3.63) is 0 Å². The van der Waals surface area contributed by atoms with Crippen molar-refractivity contribution in [2.24, 2.45) is 17.1 Å². The van der Waals surface area contributed by atoms with Gasteiger partial charge in [-0.2, -0.15) is 0 Å². The molecule has 2 amide bonds. The molecule has 0 aromatic carbocycles. The number of hydrogen-bond donors (Lipinski definition) is 2. The zero-order valence-corrected chi connectivity index (χ0v) is 10.2. The summed E-state index contributed by atoms with van der Waals surface area (Å²) in [5.74, 6) is 0.370. The molecule has 0 aliphatic heterocycles. The molecular weight excluding hydrogens is 206 g/mol. The average molecular weight is 227 g/mol. The molecule has 0 radical (unpaired) electrons. The Morgan fingerprint density at radius 1 is 1.44 bits per heavy atom. The molecule has 1 aliphatic rings. The predicted molar refractivity (Wildman–Crippen MR) is 61.6 cm³/mol. The van der Waals surface area contributed by atoms with E-state index >= 15 is 0 Å². The molecule has 1 fully saturated rings. The predicted octanol–water partition coefficient (Wildman–Crippen LogP) is -0.434. The highest BCUT2D eigenvalue weighted by Gasteiger charge is 2.47. The number of carbonyl (C=O) groups is 2. The summed E-state index contributed by atoms with van der Waals surface area (Å²) in [5, 5.41) is 2.67. The van der Waals surface area contributed by atoms with Crippen LogP contribution in [0.1, 0.15) is 19.8 Å². The SMILES string of the molecule is CC1CC(CN)(C(=O)NCC(=O)N(C)C)C1. The van der Waals surface area contributed by atoms with Crippen molar-refractivity contribution >= 4 is 11.8 Å². The number of likely N-dealkylation sites (N-methyl/N-ethyl adjacent to an activating group) is 1. The third kappa shape index (κ3) is 2.52. The maximum Gasteiger partial charge on any atom is 0.241 e. The maximum absolute atomic E-state index is 11.9. The number of carbonyl (C=O) groups excluding carboxylic acids is 2. The molecule has 3 N–H and O–H groups in total. The summed E-state index contributed by atoms with van der Waals surface area (Å²) in [4.78, 5) is 24.7. The first kappa shape index (κ1) is 13.0. The third-order valence-electron chi connectivity index (χ3n) is 3.25. The van der Waals surface area contributed by atoms with Crippen molar-refractivity contribution in [1.29, 1.82) is 0 Å². The van der Waals surface area contributed by atoms with Crippen LogP contribution in [0.15, 0.2) is 0 Å². The summed E-state index contributed by atoms with van der Waals surface area (Å²) in [6.45, 7) is 2.52. The molecule has 1 aliphatic carbocycles. The lowest BCUT2D eigenvalue weighted by Gasteiger charge is -2.44. The smallest absolute Gasteiger partial charge is 0.241 e. The fourth-order valence-corrected chi connectivity index (χ4v) is 2.22. The van der Waals surface area contributed by atoms with E-state index in [0.717, 1.165) is 12.8 Å². The van der Waals surface area contributed by atoms with Gasteiger partial charge in [0.2, 0.25) is 11.8 Å². The van der Waals surface area contributed by atoms with Crippen LogP contribution < -0.4 is 11.1 Å². The largest absolute Gasteiger partial charge is 0.347 e. The third-order valence-corrected chi connectivity index (χ3v) is 3.25. The van der Waals surface area contributed by atoms with E-state index in [1.807, 2.05) is 0 Å². The van der Waals surface area contributed by atoms with Crippen LogP contribution in [0.3, 0.4) is 0 Å². The van der Waals surface area contributed by atoms with Crippen molar-refractivity contribution in [1.82, 2.24) is 10.2 Å². The highest BCUT2D eigenvalue weighted by molar-refractivity contribution is 5.88. The number of amides is 2. The fraction of sp³-hybridized carbons (Fsp3) is 0.818. The molecule has 0 heterocycles. The number of rotatable bonds is 4. The van der Waals surface area contributed by atoms with Crippen LogP contribution in [-0.2, 0) is 9.59 Å². The van der Waals surface area contributed by atoms with Crippen LogP contribution in [0.2, 0.25) is 0 Å². The minimum atomic E-state index is -0.425. The lowest BCUT2D eigenvalue weighted by Crippen LogP contribution is -2.54. The van der Waals surface area contributed by atoms with Crippen LogP contribution in [-0.4, -0.2) is 43.9 Å². The van der Waals surface area contributed by atoms with E-state index in [2.05, 4.69) is 12.2 Å². The summed E-state index contributed by atoms with van der Waals surface area (Å²) in [6, 6.07) is 0. The first-order valence-electron chi connectivity index (χ1n) is 5.60. The van der Waals surface area contributed by atoms with Gasteiger partial charge in [0.05, 0.1) is 12.0 Å². The summed E-state index contributed by atoms with van der Waals surface area (Å²) in [7, 11) is 3.33. The molecule has 0 unspecified atom stereocenters. The van der Waals surface area contributed by atoms with Crippen LogP contribution in [0.25, 0.3) is 0 Å². The van der Waals surface area contributed by atoms with Gasteiger partial charge in [0.25, 0.3) is 0 Å². The Morgan fingerprint density at radius 2 is 2.00 bits per heavy atom. The Morgan fingerprint density at radius 3 is 2.38 bits per heavy atom. The normalized spacial score (nSPS) is 28.1. The van der Waals surface area contributed by atoms with Crippen LogP contribution in [0.5, 0.6) is 0 Å². The van der Waals surface area contributed by atoms with Crippen LogP contribution in [0, 0.1) is 11.3 Å². The molecular formula is C11H21N3O2. The highest BCUT2D eigenvalue weighted by atomic mass is 16.2. The first-order chi connectivity index (χ1) is 7.41. The molecule has 0 spiro atoms. The quantitative estimate of drug-likeness (QED) is 0.684. The summed E-state index contributed by atoms with van der Waals surface area (Å²) >= 11 is 0. The van der Waals surface area contributed by atoms with Crippen molar-refractivity contribution in [2.75, 3.05) is 27.2 Å². The van der Waals surface area contributed by atoms with Crippen LogP contribution >= 0.6 is 0 Å². The van der Waals surface area contributed by atoms with Gasteiger partial charge < -0.3 is 16.0 Å². The molecule has 1 rings (SSSR count). The molecule has 0 aromatic heterocycles.